The molecule has 0 atom stereocenters. The number of fused-ring (bicyclic) bond motifs is 8. The highest BCUT2D eigenvalue weighted by atomic mass is 35.5. The van der Waals surface area contributed by atoms with Gasteiger partial charge in [-0.2, -0.15) is 0 Å². The number of aromatic nitrogens is 4. The number of halogens is 1. The topological polar surface area (TPSA) is 169 Å². The zero-order valence-corrected chi connectivity index (χ0v) is 39.0. The Hall–Kier alpha value is -7.29. The molecule has 1 saturated heterocycles. The minimum atomic E-state index is -0.168. The number of hydrogen-bond acceptors (Lipinski definition) is 11. The summed E-state index contributed by atoms with van der Waals surface area (Å²) in [4.78, 5) is 68.9. The lowest BCUT2D eigenvalue weighted by molar-refractivity contribution is 0.0980. The molecular formula is C54H51ClN6O7. The second-order valence-electron chi connectivity index (χ2n) is 16.4. The van der Waals surface area contributed by atoms with Crippen LogP contribution in [0.15, 0.2) is 121 Å². The molecular weight excluding hydrogens is 880 g/mol. The number of carbonyl (C=O) groups is 4. The first-order chi connectivity index (χ1) is 33.1. The number of nitrogens with zero attached hydrogens (tertiary/aromatic N) is 3. The van der Waals surface area contributed by atoms with E-state index in [0.717, 1.165) is 54.7 Å². The number of alkyl halides is 1. The van der Waals surface area contributed by atoms with Gasteiger partial charge in [-0.25, -0.2) is 9.97 Å². The molecule has 346 valence electrons. The van der Waals surface area contributed by atoms with Gasteiger partial charge in [0, 0.05) is 59.7 Å². The number of nitrogens with one attached hydrogen (secondary N) is 3. The largest absolute Gasteiger partial charge is 0.497 e. The van der Waals surface area contributed by atoms with E-state index in [1.54, 1.807) is 80.9 Å². The summed E-state index contributed by atoms with van der Waals surface area (Å²) in [7, 11) is 7.27. The number of rotatable bonds is 9. The van der Waals surface area contributed by atoms with Crippen molar-refractivity contribution in [2.45, 2.75) is 38.4 Å². The molecule has 3 N–H and O–H groups in total. The normalized spacial score (nSPS) is 13.3. The minimum Gasteiger partial charge on any atom is -0.497 e. The summed E-state index contributed by atoms with van der Waals surface area (Å²) >= 11 is 5.78. The van der Waals surface area contributed by atoms with Crippen LogP contribution in [0.25, 0.3) is 22.1 Å². The van der Waals surface area contributed by atoms with Crippen LogP contribution in [0, 0.1) is 0 Å². The van der Waals surface area contributed by atoms with Crippen molar-refractivity contribution < 1.29 is 33.4 Å². The number of ketones is 4. The van der Waals surface area contributed by atoms with Gasteiger partial charge in [0.2, 0.25) is 0 Å². The van der Waals surface area contributed by atoms with Gasteiger partial charge in [-0.15, -0.1) is 11.6 Å². The number of methoxy groups -OCH3 is 2. The zero-order valence-electron chi connectivity index (χ0n) is 38.3. The fourth-order valence-electron chi connectivity index (χ4n) is 8.44. The maximum atomic E-state index is 13.2. The third-order valence-electron chi connectivity index (χ3n) is 11.7. The standard InChI is InChI=1S/C25H21N3O3.C16H9ClN2O2.C9H13NO.C4H8O/c1-28(13-15-6-5-7-16(12-15)31-2)14-21-26-20-11-10-19-22(23(20)27-21)25(30)18-9-4-3-8-17(18)24(19)29;17-7-12-18-11-6-5-10-13(14(11)19-12)16(21)9-4-2-1-3-8(9)15(10)20;1-10-7-8-4-3-5-9(6-8)11-2;1-2-4-5-3-1/h3-12H,13-14H2,1-2H3,(H,26,27);1-6H,7H2,(H,18,19);3-6,10H,7H2,1-2H3;1-4H2. The molecule has 1 aliphatic heterocycles. The van der Waals surface area contributed by atoms with Crippen molar-refractivity contribution in [3.05, 3.63) is 189 Å². The van der Waals surface area contributed by atoms with Crippen molar-refractivity contribution in [2.24, 2.45) is 0 Å². The van der Waals surface area contributed by atoms with Gasteiger partial charge >= 0.3 is 0 Å². The van der Waals surface area contributed by atoms with Crippen molar-refractivity contribution >= 4 is 56.8 Å². The zero-order chi connectivity index (χ0) is 47.7. The molecule has 0 unspecified atom stereocenters. The Morgan fingerprint density at radius 2 is 1.06 bits per heavy atom. The van der Waals surface area contributed by atoms with Gasteiger partial charge in [0.05, 0.1) is 48.8 Å². The number of ether oxygens (including phenoxy) is 3. The van der Waals surface area contributed by atoms with E-state index in [1.165, 1.54) is 18.4 Å². The summed E-state index contributed by atoms with van der Waals surface area (Å²) in [5.74, 6) is 2.69. The molecule has 11 rings (SSSR count). The molecule has 2 aliphatic carbocycles. The average Bonchev–Trinajstić information content (AvgIpc) is 4.18. The van der Waals surface area contributed by atoms with E-state index in [9.17, 15) is 19.2 Å². The van der Waals surface area contributed by atoms with Gasteiger partial charge in [-0.05, 0) is 86.6 Å². The Morgan fingerprint density at radius 3 is 1.53 bits per heavy atom. The molecule has 14 heteroatoms. The van der Waals surface area contributed by atoms with E-state index in [0.29, 0.717) is 73.4 Å². The van der Waals surface area contributed by atoms with Gasteiger partial charge in [0.15, 0.2) is 23.1 Å². The molecule has 13 nitrogen and oxygen atoms in total. The lowest BCUT2D eigenvalue weighted by Crippen LogP contribution is -2.21. The Kier molecular flexibility index (Phi) is 15.0. The van der Waals surface area contributed by atoms with Gasteiger partial charge in [-0.3, -0.25) is 24.1 Å². The average molecular weight is 931 g/mol. The number of imidazole rings is 2. The fourth-order valence-corrected chi connectivity index (χ4v) is 8.56. The second kappa shape index (κ2) is 21.6. The lowest BCUT2D eigenvalue weighted by Gasteiger charge is -2.17. The van der Waals surface area contributed by atoms with Crippen LogP contribution in [0.3, 0.4) is 0 Å². The van der Waals surface area contributed by atoms with E-state index in [-0.39, 0.29) is 29.0 Å². The highest BCUT2D eigenvalue weighted by molar-refractivity contribution is 6.32. The van der Waals surface area contributed by atoms with Gasteiger partial charge in [-0.1, -0.05) is 72.8 Å². The monoisotopic (exact) mass is 930 g/mol. The summed E-state index contributed by atoms with van der Waals surface area (Å²) < 4.78 is 15.3. The molecule has 3 heterocycles. The van der Waals surface area contributed by atoms with E-state index in [1.807, 2.05) is 56.6 Å². The highest BCUT2D eigenvalue weighted by Gasteiger charge is 2.33. The summed E-state index contributed by atoms with van der Waals surface area (Å²) in [6.07, 6.45) is 2.56. The summed E-state index contributed by atoms with van der Waals surface area (Å²) in [5.41, 5.74) is 8.24. The van der Waals surface area contributed by atoms with E-state index < -0.39 is 0 Å². The number of carbonyl (C=O) groups excluding carboxylic acids is 4. The van der Waals surface area contributed by atoms with Crippen LogP contribution in [0.1, 0.15) is 99.3 Å². The smallest absolute Gasteiger partial charge is 0.196 e. The quantitative estimate of drug-likeness (QED) is 0.118. The van der Waals surface area contributed by atoms with Crippen LogP contribution in [0.5, 0.6) is 11.5 Å². The first-order valence-corrected chi connectivity index (χ1v) is 22.8. The predicted molar refractivity (Wildman–Crippen MR) is 262 cm³/mol. The van der Waals surface area contributed by atoms with Crippen LogP contribution >= 0.6 is 11.6 Å². The van der Waals surface area contributed by atoms with Crippen molar-refractivity contribution in [1.29, 1.82) is 0 Å². The minimum absolute atomic E-state index is 0.133. The maximum absolute atomic E-state index is 13.2. The molecule has 0 spiro atoms. The van der Waals surface area contributed by atoms with Crippen molar-refractivity contribution in [2.75, 3.05) is 41.5 Å². The third kappa shape index (κ3) is 10.2. The molecule has 0 saturated carbocycles. The van der Waals surface area contributed by atoms with Crippen LogP contribution < -0.4 is 14.8 Å². The van der Waals surface area contributed by atoms with Crippen molar-refractivity contribution in [1.82, 2.24) is 30.2 Å². The van der Waals surface area contributed by atoms with E-state index in [2.05, 4.69) is 37.3 Å². The number of hydrogen-bond donors (Lipinski definition) is 3. The SMILES string of the molecule is C1CCOC1.CNCc1cccc(OC)c1.COc1cccc(CN(C)Cc2nc3c4c(ccc3[nH]2)C(=O)c2ccccc2C4=O)c1.O=C1c2ccccc2C(=O)c2c1ccc1[nH]c(CCl)nc21. The molecule has 0 radical (unpaired) electrons. The van der Waals surface area contributed by atoms with Crippen LogP contribution in [0.4, 0.5) is 0 Å². The van der Waals surface area contributed by atoms with Crippen molar-refractivity contribution in [3.8, 4) is 11.5 Å². The Morgan fingerprint density at radius 1 is 0.588 bits per heavy atom. The summed E-state index contributed by atoms with van der Waals surface area (Å²) in [6, 6.07) is 36.8. The lowest BCUT2D eigenvalue weighted by atomic mass is 9.83. The van der Waals surface area contributed by atoms with E-state index in [4.69, 9.17) is 30.8 Å². The van der Waals surface area contributed by atoms with Crippen LogP contribution in [-0.4, -0.2) is 89.5 Å². The number of aromatic amines is 2. The van der Waals surface area contributed by atoms with Crippen molar-refractivity contribution in [3.63, 3.8) is 0 Å². The van der Waals surface area contributed by atoms with Gasteiger partial charge in [0.1, 0.15) is 34.2 Å². The van der Waals surface area contributed by atoms with Gasteiger partial charge in [0.25, 0.3) is 0 Å². The number of benzene rings is 6. The van der Waals surface area contributed by atoms with Gasteiger partial charge < -0.3 is 29.5 Å². The maximum Gasteiger partial charge on any atom is 0.196 e. The summed E-state index contributed by atoms with van der Waals surface area (Å²) in [5, 5.41) is 3.08. The first-order valence-electron chi connectivity index (χ1n) is 22.2. The van der Waals surface area contributed by atoms with E-state index >= 15 is 0 Å². The molecule has 6 aromatic carbocycles. The molecule has 68 heavy (non-hydrogen) atoms. The van der Waals surface area contributed by atoms with Crippen LogP contribution in [-0.2, 0) is 30.3 Å². The van der Waals surface area contributed by atoms with Crippen LogP contribution in [0.2, 0.25) is 0 Å². The Bertz CT molecular complexity index is 3150. The number of H-pyrrole nitrogens is 2. The molecule has 3 aliphatic rings. The Labute approximate surface area is 398 Å². The molecule has 1 fully saturated rings. The first kappa shape index (κ1) is 47.2. The summed E-state index contributed by atoms with van der Waals surface area (Å²) in [6.45, 7) is 4.17. The molecule has 8 aromatic rings. The molecule has 0 amide bonds. The second-order valence-corrected chi connectivity index (χ2v) is 16.7. The highest BCUT2D eigenvalue weighted by Crippen LogP contribution is 2.33. The Balaban J connectivity index is 0.000000144. The predicted octanol–water partition coefficient (Wildman–Crippen LogP) is 9.27. The fraction of sp³-hybridized carbons (Fsp3) is 0.222. The third-order valence-corrected chi connectivity index (χ3v) is 11.9. The molecule has 0 bridgehead atoms. The molecule has 2 aromatic heterocycles.